The fourth-order valence-corrected chi connectivity index (χ4v) is 4.14. The lowest BCUT2D eigenvalue weighted by Gasteiger charge is -2.45. The molecule has 122 valence electrons. The van der Waals surface area contributed by atoms with Gasteiger partial charge in [-0.15, -0.1) is 0 Å². The zero-order chi connectivity index (χ0) is 16.3. The van der Waals surface area contributed by atoms with Gasteiger partial charge in [-0.05, 0) is 28.3 Å². The summed E-state index contributed by atoms with van der Waals surface area (Å²) < 4.78 is 6.65. The molecule has 0 bridgehead atoms. The summed E-state index contributed by atoms with van der Waals surface area (Å²) in [5.41, 5.74) is 0.612. The number of carbonyl (C=O) groups is 1. The summed E-state index contributed by atoms with van der Waals surface area (Å²) in [7, 11) is 0. The first-order chi connectivity index (χ1) is 10.4. The van der Waals surface area contributed by atoms with Crippen LogP contribution in [0.25, 0.3) is 0 Å². The highest BCUT2D eigenvalue weighted by Crippen LogP contribution is 2.40. The van der Waals surface area contributed by atoms with Gasteiger partial charge in [0, 0.05) is 45.2 Å². The number of ether oxygens (including phenoxy) is 1. The van der Waals surface area contributed by atoms with Crippen molar-refractivity contribution < 1.29 is 9.53 Å². The Labute approximate surface area is 145 Å². The Balaban J connectivity index is 2.18. The number of aromatic nitrogens is 1. The largest absolute Gasteiger partial charge is 0.459 e. The predicted octanol–water partition coefficient (Wildman–Crippen LogP) is 4.45. The number of esters is 1. The summed E-state index contributed by atoms with van der Waals surface area (Å²) in [6.45, 7) is 7.40. The van der Waals surface area contributed by atoms with E-state index in [-0.39, 0.29) is 11.6 Å². The van der Waals surface area contributed by atoms with Crippen molar-refractivity contribution in [3.05, 3.63) is 21.9 Å². The molecule has 1 aliphatic rings. The Hall–Kier alpha value is -0.810. The second kappa shape index (κ2) is 7.18. The number of hydrogen-bond acceptors (Lipinski definition) is 4. The lowest BCUT2D eigenvalue weighted by atomic mass is 9.78. The van der Waals surface area contributed by atoms with Gasteiger partial charge in [-0.25, -0.2) is 0 Å². The van der Waals surface area contributed by atoms with Crippen LogP contribution in [0.4, 0.5) is 5.69 Å². The Kier molecular flexibility index (Phi) is 5.72. The molecule has 0 spiro atoms. The third-order valence-electron chi connectivity index (χ3n) is 4.61. The molecule has 0 aliphatic carbocycles. The number of halogens is 2. The first kappa shape index (κ1) is 17.5. The van der Waals surface area contributed by atoms with Crippen molar-refractivity contribution >= 4 is 39.2 Å². The Morgan fingerprint density at radius 2 is 2.14 bits per heavy atom. The maximum absolute atomic E-state index is 11.5. The zero-order valence-electron chi connectivity index (χ0n) is 13.2. The first-order valence-corrected chi connectivity index (χ1v) is 8.80. The molecule has 1 aromatic heterocycles. The average molecular weight is 390 g/mol. The number of hydrogen-bond donors (Lipinski definition) is 0. The van der Waals surface area contributed by atoms with Gasteiger partial charge in [-0.1, -0.05) is 25.4 Å². The van der Waals surface area contributed by atoms with Gasteiger partial charge in [0.25, 0.3) is 0 Å². The van der Waals surface area contributed by atoms with Crippen LogP contribution in [-0.4, -0.2) is 29.6 Å². The minimum atomic E-state index is -0.358. The second-order valence-corrected chi connectivity index (χ2v) is 7.17. The van der Waals surface area contributed by atoms with Crippen molar-refractivity contribution in [1.29, 1.82) is 0 Å². The minimum Gasteiger partial charge on any atom is -0.459 e. The van der Waals surface area contributed by atoms with Crippen LogP contribution in [-0.2, 0) is 9.53 Å². The van der Waals surface area contributed by atoms with Gasteiger partial charge in [0.05, 0.1) is 15.2 Å². The van der Waals surface area contributed by atoms with Crippen LogP contribution in [0.2, 0.25) is 5.02 Å². The van der Waals surface area contributed by atoms with E-state index in [9.17, 15) is 4.79 Å². The van der Waals surface area contributed by atoms with Gasteiger partial charge in [-0.3, -0.25) is 9.78 Å². The smallest absolute Gasteiger partial charge is 0.303 e. The lowest BCUT2D eigenvalue weighted by Crippen LogP contribution is -2.50. The Morgan fingerprint density at radius 3 is 2.64 bits per heavy atom. The van der Waals surface area contributed by atoms with Gasteiger partial charge in [0.1, 0.15) is 5.60 Å². The molecule has 0 amide bonds. The molecule has 0 radical (unpaired) electrons. The van der Waals surface area contributed by atoms with Crippen LogP contribution in [0.3, 0.4) is 0 Å². The third kappa shape index (κ3) is 3.57. The topological polar surface area (TPSA) is 42.4 Å². The number of pyridine rings is 1. The molecular weight excluding hydrogens is 368 g/mol. The van der Waals surface area contributed by atoms with Crippen molar-refractivity contribution in [2.75, 3.05) is 18.0 Å². The molecule has 1 saturated heterocycles. The molecule has 4 nitrogen and oxygen atoms in total. The van der Waals surface area contributed by atoms with E-state index in [1.54, 1.807) is 12.4 Å². The standard InChI is InChI=1S/C16H22BrClN2O2/c1-4-11(2)16(22-12(3)21)5-7-20(8-6-16)15-13(17)9-19-10-14(15)18/h9-11H,4-8H2,1-3H3. The van der Waals surface area contributed by atoms with Crippen molar-refractivity contribution in [3.8, 4) is 0 Å². The van der Waals surface area contributed by atoms with E-state index in [4.69, 9.17) is 16.3 Å². The van der Waals surface area contributed by atoms with E-state index in [2.05, 4.69) is 39.7 Å². The first-order valence-electron chi connectivity index (χ1n) is 7.63. The zero-order valence-corrected chi connectivity index (χ0v) is 15.6. The average Bonchev–Trinajstić information content (AvgIpc) is 2.47. The fraction of sp³-hybridized carbons (Fsp3) is 0.625. The molecule has 1 fully saturated rings. The van der Waals surface area contributed by atoms with E-state index in [0.717, 1.165) is 42.5 Å². The quantitative estimate of drug-likeness (QED) is 0.714. The van der Waals surface area contributed by atoms with Crippen LogP contribution < -0.4 is 4.90 Å². The summed E-state index contributed by atoms with van der Waals surface area (Å²) in [5, 5.41) is 0.637. The highest BCUT2D eigenvalue weighted by molar-refractivity contribution is 9.10. The van der Waals surface area contributed by atoms with E-state index in [1.165, 1.54) is 6.92 Å². The van der Waals surface area contributed by atoms with Crippen LogP contribution in [0.15, 0.2) is 16.9 Å². The van der Waals surface area contributed by atoms with Crippen LogP contribution >= 0.6 is 27.5 Å². The molecule has 6 heteroatoms. The molecular formula is C16H22BrClN2O2. The lowest BCUT2D eigenvalue weighted by molar-refractivity contribution is -0.166. The normalized spacial score (nSPS) is 18.9. The van der Waals surface area contributed by atoms with Crippen molar-refractivity contribution in [2.45, 2.75) is 45.6 Å². The van der Waals surface area contributed by atoms with Crippen LogP contribution in [0, 0.1) is 5.92 Å². The maximum atomic E-state index is 11.5. The highest BCUT2D eigenvalue weighted by Gasteiger charge is 2.42. The van der Waals surface area contributed by atoms with Gasteiger partial charge < -0.3 is 9.64 Å². The Morgan fingerprint density at radius 1 is 1.50 bits per heavy atom. The van der Waals surface area contributed by atoms with E-state index in [0.29, 0.717) is 10.9 Å². The summed E-state index contributed by atoms with van der Waals surface area (Å²) in [4.78, 5) is 17.8. The van der Waals surface area contributed by atoms with Gasteiger partial charge >= 0.3 is 5.97 Å². The number of anilines is 1. The minimum absolute atomic E-state index is 0.197. The molecule has 1 unspecified atom stereocenters. The molecule has 22 heavy (non-hydrogen) atoms. The van der Waals surface area contributed by atoms with Crippen molar-refractivity contribution in [3.63, 3.8) is 0 Å². The molecule has 0 N–H and O–H groups in total. The summed E-state index contributed by atoms with van der Waals surface area (Å²) >= 11 is 9.81. The van der Waals surface area contributed by atoms with Crippen molar-refractivity contribution in [2.24, 2.45) is 5.92 Å². The molecule has 0 saturated carbocycles. The van der Waals surface area contributed by atoms with Gasteiger partial charge in [0.15, 0.2) is 0 Å². The molecule has 2 heterocycles. The van der Waals surface area contributed by atoms with Gasteiger partial charge in [0.2, 0.25) is 0 Å². The molecule has 2 rings (SSSR count). The molecule has 0 aromatic carbocycles. The Bertz CT molecular complexity index is 525. The number of nitrogens with zero attached hydrogens (tertiary/aromatic N) is 2. The number of rotatable bonds is 4. The van der Waals surface area contributed by atoms with Crippen molar-refractivity contribution in [1.82, 2.24) is 4.98 Å². The maximum Gasteiger partial charge on any atom is 0.303 e. The third-order valence-corrected chi connectivity index (χ3v) is 5.47. The SMILES string of the molecule is CCC(C)C1(OC(C)=O)CCN(c2c(Cl)cncc2Br)CC1. The summed E-state index contributed by atoms with van der Waals surface area (Å²) in [5.74, 6) is 0.145. The summed E-state index contributed by atoms with van der Waals surface area (Å²) in [6, 6.07) is 0. The number of piperidine rings is 1. The molecule has 1 atom stereocenters. The second-order valence-electron chi connectivity index (χ2n) is 5.91. The van der Waals surface area contributed by atoms with E-state index >= 15 is 0 Å². The van der Waals surface area contributed by atoms with Crippen LogP contribution in [0.5, 0.6) is 0 Å². The fourth-order valence-electron chi connectivity index (χ4n) is 3.17. The number of carbonyl (C=O) groups excluding carboxylic acids is 1. The molecule has 1 aromatic rings. The van der Waals surface area contributed by atoms with E-state index in [1.807, 2.05) is 0 Å². The summed E-state index contributed by atoms with van der Waals surface area (Å²) in [6.07, 6.45) is 6.03. The monoisotopic (exact) mass is 388 g/mol. The highest BCUT2D eigenvalue weighted by atomic mass is 79.9. The predicted molar refractivity (Wildman–Crippen MR) is 92.3 cm³/mol. The molecule has 1 aliphatic heterocycles. The van der Waals surface area contributed by atoms with Crippen LogP contribution in [0.1, 0.15) is 40.0 Å². The van der Waals surface area contributed by atoms with Gasteiger partial charge in [-0.2, -0.15) is 0 Å². The van der Waals surface area contributed by atoms with E-state index < -0.39 is 0 Å².